The van der Waals surface area contributed by atoms with E-state index in [9.17, 15) is 14.7 Å². The van der Waals surface area contributed by atoms with Gasteiger partial charge in [0.15, 0.2) is 0 Å². The number of dihydropyridines is 1. The normalized spacial score (nSPS) is 17.8. The zero-order valence-electron chi connectivity index (χ0n) is 12.5. The van der Waals surface area contributed by atoms with Gasteiger partial charge in [-0.25, -0.2) is 9.59 Å². The van der Waals surface area contributed by atoms with Crippen molar-refractivity contribution >= 4 is 39.5 Å². The number of carboxylic acid groups (broad SMARTS) is 1. The molecule has 0 bridgehead atoms. The highest BCUT2D eigenvalue weighted by atomic mass is 79.9. The van der Waals surface area contributed by atoms with E-state index in [0.717, 1.165) is 0 Å². The van der Waals surface area contributed by atoms with Gasteiger partial charge in [-0.1, -0.05) is 45.7 Å². The van der Waals surface area contributed by atoms with E-state index in [4.69, 9.17) is 16.3 Å². The summed E-state index contributed by atoms with van der Waals surface area (Å²) in [7, 11) is 1.26. The third kappa shape index (κ3) is 3.28. The van der Waals surface area contributed by atoms with Gasteiger partial charge in [-0.2, -0.15) is 0 Å². The van der Waals surface area contributed by atoms with E-state index in [2.05, 4.69) is 21.2 Å². The molecule has 2 rings (SSSR count). The number of carboxylic acids is 1. The van der Waals surface area contributed by atoms with Crippen molar-refractivity contribution in [2.45, 2.75) is 12.8 Å². The number of esters is 1. The summed E-state index contributed by atoms with van der Waals surface area (Å²) in [6.07, 6.45) is 0. The minimum Gasteiger partial charge on any atom is -0.478 e. The summed E-state index contributed by atoms with van der Waals surface area (Å²) in [5, 5.41) is 13.3. The Hall–Kier alpha value is -1.79. The van der Waals surface area contributed by atoms with E-state index >= 15 is 0 Å². The standard InChI is InChI=1S/C16H15BrClNO4/c1-8-12(15(20)21)13(9-5-3-4-6-10(9)18)14(16(22)23-2)11(7-17)19-8/h3-6,13,19H,7H2,1-2H3,(H,20,21). The Balaban J connectivity index is 2.76. The largest absolute Gasteiger partial charge is 0.478 e. The molecule has 7 heteroatoms. The molecule has 0 spiro atoms. The molecule has 122 valence electrons. The van der Waals surface area contributed by atoms with Crippen LogP contribution >= 0.6 is 27.5 Å². The summed E-state index contributed by atoms with van der Waals surface area (Å²) in [5.41, 5.74) is 1.88. The average molecular weight is 401 g/mol. The van der Waals surface area contributed by atoms with Crippen molar-refractivity contribution in [2.75, 3.05) is 12.4 Å². The monoisotopic (exact) mass is 399 g/mol. The van der Waals surface area contributed by atoms with Crippen LogP contribution in [0, 0.1) is 0 Å². The number of carbonyl (C=O) groups excluding carboxylic acids is 1. The lowest BCUT2D eigenvalue weighted by Crippen LogP contribution is -2.33. The second-order valence-electron chi connectivity index (χ2n) is 4.94. The number of halogens is 2. The maximum Gasteiger partial charge on any atom is 0.336 e. The fraction of sp³-hybridized carbons (Fsp3) is 0.250. The lowest BCUT2D eigenvalue weighted by atomic mass is 9.80. The van der Waals surface area contributed by atoms with Crippen LogP contribution in [0.25, 0.3) is 0 Å². The van der Waals surface area contributed by atoms with Crippen molar-refractivity contribution in [1.29, 1.82) is 0 Å². The number of hydrogen-bond donors (Lipinski definition) is 2. The average Bonchev–Trinajstić information content (AvgIpc) is 2.53. The molecule has 0 aliphatic carbocycles. The number of allylic oxidation sites excluding steroid dienone is 2. The Morgan fingerprint density at radius 2 is 2.00 bits per heavy atom. The SMILES string of the molecule is COC(=O)C1=C(CBr)NC(C)=C(C(=O)O)C1c1ccccc1Cl. The van der Waals surface area contributed by atoms with Gasteiger partial charge in [-0.05, 0) is 18.6 Å². The van der Waals surface area contributed by atoms with Gasteiger partial charge in [0.25, 0.3) is 0 Å². The van der Waals surface area contributed by atoms with E-state index in [1.165, 1.54) is 7.11 Å². The van der Waals surface area contributed by atoms with Crippen LogP contribution in [-0.2, 0) is 14.3 Å². The van der Waals surface area contributed by atoms with Gasteiger partial charge < -0.3 is 15.2 Å². The molecule has 23 heavy (non-hydrogen) atoms. The molecule has 1 aromatic rings. The third-order valence-corrected chi connectivity index (χ3v) is 4.54. The van der Waals surface area contributed by atoms with Crippen LogP contribution in [0.3, 0.4) is 0 Å². The zero-order valence-corrected chi connectivity index (χ0v) is 14.9. The summed E-state index contributed by atoms with van der Waals surface area (Å²) in [6, 6.07) is 6.87. The Morgan fingerprint density at radius 1 is 1.35 bits per heavy atom. The quantitative estimate of drug-likeness (QED) is 0.599. The first kappa shape index (κ1) is 17.6. The van der Waals surface area contributed by atoms with E-state index in [-0.39, 0.29) is 11.1 Å². The van der Waals surface area contributed by atoms with E-state index in [1.807, 2.05) is 0 Å². The van der Waals surface area contributed by atoms with Crippen molar-refractivity contribution in [3.05, 3.63) is 57.4 Å². The second-order valence-corrected chi connectivity index (χ2v) is 5.91. The number of rotatable bonds is 4. The number of aliphatic carboxylic acids is 1. The molecule has 0 radical (unpaired) electrons. The molecule has 5 nitrogen and oxygen atoms in total. The zero-order chi connectivity index (χ0) is 17.1. The number of methoxy groups -OCH3 is 1. The second kappa shape index (κ2) is 7.19. The van der Waals surface area contributed by atoms with Crippen molar-refractivity contribution in [3.63, 3.8) is 0 Å². The number of ether oxygens (including phenoxy) is 1. The molecule has 1 heterocycles. The van der Waals surface area contributed by atoms with E-state index < -0.39 is 17.9 Å². The van der Waals surface area contributed by atoms with Gasteiger partial charge in [0.2, 0.25) is 0 Å². The minimum absolute atomic E-state index is 0.0724. The molecule has 0 saturated heterocycles. The van der Waals surface area contributed by atoms with Crippen LogP contribution in [0.1, 0.15) is 18.4 Å². The maximum atomic E-state index is 12.3. The van der Waals surface area contributed by atoms with Crippen LogP contribution in [0.2, 0.25) is 5.02 Å². The van der Waals surface area contributed by atoms with Crippen molar-refractivity contribution < 1.29 is 19.4 Å². The predicted octanol–water partition coefficient (Wildman–Crippen LogP) is 3.21. The molecular weight excluding hydrogens is 386 g/mol. The molecular formula is C16H15BrClNO4. The highest BCUT2D eigenvalue weighted by molar-refractivity contribution is 9.09. The van der Waals surface area contributed by atoms with Gasteiger partial charge in [-0.3, -0.25) is 0 Å². The summed E-state index contributed by atoms with van der Waals surface area (Å²) < 4.78 is 4.86. The first-order valence-corrected chi connectivity index (χ1v) is 8.25. The highest BCUT2D eigenvalue weighted by Crippen LogP contribution is 2.41. The van der Waals surface area contributed by atoms with Crippen molar-refractivity contribution in [2.24, 2.45) is 0 Å². The van der Waals surface area contributed by atoms with E-state index in [1.54, 1.807) is 31.2 Å². The van der Waals surface area contributed by atoms with Gasteiger partial charge in [0, 0.05) is 21.7 Å². The number of benzene rings is 1. The Kier molecular flexibility index (Phi) is 5.49. The maximum absolute atomic E-state index is 12.3. The molecule has 1 aromatic carbocycles. The Labute approximate surface area is 147 Å². The molecule has 0 fully saturated rings. The first-order valence-electron chi connectivity index (χ1n) is 6.75. The highest BCUT2D eigenvalue weighted by Gasteiger charge is 2.38. The molecule has 0 amide bonds. The molecule has 2 N–H and O–H groups in total. The molecule has 1 unspecified atom stereocenters. The number of hydrogen-bond acceptors (Lipinski definition) is 4. The van der Waals surface area contributed by atoms with Crippen LogP contribution < -0.4 is 5.32 Å². The fourth-order valence-corrected chi connectivity index (χ4v) is 3.34. The number of nitrogens with one attached hydrogen (secondary N) is 1. The van der Waals surface area contributed by atoms with Crippen LogP contribution in [0.5, 0.6) is 0 Å². The molecule has 1 atom stereocenters. The van der Waals surface area contributed by atoms with Gasteiger partial charge in [-0.15, -0.1) is 0 Å². The van der Waals surface area contributed by atoms with E-state index in [0.29, 0.717) is 27.3 Å². The van der Waals surface area contributed by atoms with Gasteiger partial charge in [0.05, 0.1) is 24.2 Å². The Bertz CT molecular complexity index is 727. The van der Waals surface area contributed by atoms with Crippen LogP contribution in [-0.4, -0.2) is 29.5 Å². The number of carbonyl (C=O) groups is 2. The fourth-order valence-electron chi connectivity index (χ4n) is 2.66. The van der Waals surface area contributed by atoms with Crippen molar-refractivity contribution in [3.8, 4) is 0 Å². The van der Waals surface area contributed by atoms with Crippen LogP contribution in [0.15, 0.2) is 46.8 Å². The lowest BCUT2D eigenvalue weighted by Gasteiger charge is -2.30. The Morgan fingerprint density at radius 3 is 2.52 bits per heavy atom. The first-order chi connectivity index (χ1) is 10.9. The summed E-state index contributed by atoms with van der Waals surface area (Å²) >= 11 is 9.58. The molecule has 0 saturated carbocycles. The number of alkyl halides is 1. The summed E-state index contributed by atoms with van der Waals surface area (Å²) in [4.78, 5) is 24.1. The smallest absolute Gasteiger partial charge is 0.336 e. The third-order valence-electron chi connectivity index (χ3n) is 3.63. The molecule has 1 aliphatic heterocycles. The van der Waals surface area contributed by atoms with Crippen molar-refractivity contribution in [1.82, 2.24) is 5.32 Å². The summed E-state index contributed by atoms with van der Waals surface area (Å²) in [5.74, 6) is -2.51. The summed E-state index contributed by atoms with van der Waals surface area (Å²) in [6.45, 7) is 1.66. The van der Waals surface area contributed by atoms with Gasteiger partial charge in [0.1, 0.15) is 0 Å². The lowest BCUT2D eigenvalue weighted by molar-refractivity contribution is -0.136. The van der Waals surface area contributed by atoms with Crippen LogP contribution in [0.4, 0.5) is 0 Å². The molecule has 0 aromatic heterocycles. The molecule has 1 aliphatic rings. The topological polar surface area (TPSA) is 75.6 Å². The van der Waals surface area contributed by atoms with Gasteiger partial charge >= 0.3 is 11.9 Å². The minimum atomic E-state index is -1.12. The predicted molar refractivity (Wildman–Crippen MR) is 90.5 cm³/mol.